The van der Waals surface area contributed by atoms with Crippen LogP contribution in [-0.2, 0) is 11.2 Å². The summed E-state index contributed by atoms with van der Waals surface area (Å²) in [7, 11) is 0. The smallest absolute Gasteiger partial charge is 0.253 e. The zero-order valence-corrected chi connectivity index (χ0v) is 17.7. The van der Waals surface area contributed by atoms with Gasteiger partial charge in [0.25, 0.3) is 5.91 Å². The standard InChI is InChI=1S/C23H27N3O3.ClH/c27-21(17-4-2-1-3-5-17)10-11-25-12-14-26(15-13-25)23(29)19-6-8-20-18(16-19)7-9-22(28)24-20;/h1-6,8,16,21,27H,7,9-15H2,(H,24,28);1H. The van der Waals surface area contributed by atoms with E-state index in [4.69, 9.17) is 0 Å². The van der Waals surface area contributed by atoms with Crippen LogP contribution < -0.4 is 5.32 Å². The number of piperazine rings is 1. The minimum Gasteiger partial charge on any atom is -0.388 e. The molecule has 2 N–H and O–H groups in total. The highest BCUT2D eigenvalue weighted by atomic mass is 35.5. The quantitative estimate of drug-likeness (QED) is 0.766. The Morgan fingerprint density at radius 2 is 1.77 bits per heavy atom. The number of aliphatic hydroxyl groups is 1. The molecule has 1 saturated heterocycles. The van der Waals surface area contributed by atoms with Gasteiger partial charge in [-0.15, -0.1) is 12.4 Å². The maximum Gasteiger partial charge on any atom is 0.253 e. The van der Waals surface area contributed by atoms with Crippen molar-refractivity contribution in [2.24, 2.45) is 0 Å². The summed E-state index contributed by atoms with van der Waals surface area (Å²) < 4.78 is 0. The number of hydrogen-bond acceptors (Lipinski definition) is 4. The van der Waals surface area contributed by atoms with Gasteiger partial charge in [-0.1, -0.05) is 30.3 Å². The van der Waals surface area contributed by atoms with E-state index in [0.717, 1.165) is 36.4 Å². The van der Waals surface area contributed by atoms with E-state index in [1.54, 1.807) is 6.07 Å². The molecule has 1 atom stereocenters. The molecule has 2 aliphatic heterocycles. The zero-order chi connectivity index (χ0) is 20.2. The number of hydrogen-bond donors (Lipinski definition) is 2. The lowest BCUT2D eigenvalue weighted by atomic mass is 10.00. The second kappa shape index (κ2) is 10.1. The van der Waals surface area contributed by atoms with Gasteiger partial charge in [0.1, 0.15) is 0 Å². The van der Waals surface area contributed by atoms with E-state index in [-0.39, 0.29) is 24.2 Å². The summed E-state index contributed by atoms with van der Waals surface area (Å²) in [6.07, 6.45) is 1.39. The van der Waals surface area contributed by atoms with Gasteiger partial charge in [0.15, 0.2) is 0 Å². The number of carbonyl (C=O) groups is 2. The minimum absolute atomic E-state index is 0. The fraction of sp³-hybridized carbons (Fsp3) is 0.391. The molecule has 2 aliphatic rings. The molecule has 0 saturated carbocycles. The highest BCUT2D eigenvalue weighted by Gasteiger charge is 2.24. The lowest BCUT2D eigenvalue weighted by molar-refractivity contribution is -0.116. The number of nitrogens with zero attached hydrogens (tertiary/aromatic N) is 2. The maximum absolute atomic E-state index is 12.9. The number of anilines is 1. The molecule has 0 spiro atoms. The van der Waals surface area contributed by atoms with E-state index in [1.165, 1.54) is 0 Å². The third kappa shape index (κ3) is 5.19. The average molecular weight is 430 g/mol. The van der Waals surface area contributed by atoms with E-state index in [9.17, 15) is 14.7 Å². The predicted molar refractivity (Wildman–Crippen MR) is 119 cm³/mol. The van der Waals surface area contributed by atoms with E-state index < -0.39 is 6.10 Å². The third-order valence-electron chi connectivity index (χ3n) is 5.81. The maximum atomic E-state index is 12.9. The van der Waals surface area contributed by atoms with Crippen LogP contribution in [0, 0.1) is 0 Å². The zero-order valence-electron chi connectivity index (χ0n) is 16.9. The summed E-state index contributed by atoms with van der Waals surface area (Å²) in [6, 6.07) is 15.3. The predicted octanol–water partition coefficient (Wildman–Crippen LogP) is 2.87. The molecule has 1 unspecified atom stereocenters. The van der Waals surface area contributed by atoms with Crippen molar-refractivity contribution >= 4 is 29.9 Å². The second-order valence-electron chi connectivity index (χ2n) is 7.77. The molecular weight excluding hydrogens is 402 g/mol. The van der Waals surface area contributed by atoms with Gasteiger partial charge in [-0.2, -0.15) is 0 Å². The van der Waals surface area contributed by atoms with Crippen molar-refractivity contribution < 1.29 is 14.7 Å². The number of rotatable bonds is 5. The first-order valence-electron chi connectivity index (χ1n) is 10.3. The first-order valence-corrected chi connectivity index (χ1v) is 10.3. The number of fused-ring (bicyclic) bond motifs is 1. The van der Waals surface area contributed by atoms with Crippen LogP contribution in [0.2, 0.25) is 0 Å². The van der Waals surface area contributed by atoms with Gasteiger partial charge in [-0.3, -0.25) is 14.5 Å². The topological polar surface area (TPSA) is 72.9 Å². The van der Waals surface area contributed by atoms with Crippen molar-refractivity contribution in [3.63, 3.8) is 0 Å². The average Bonchev–Trinajstić information content (AvgIpc) is 2.77. The SMILES string of the molecule is Cl.O=C1CCc2cc(C(=O)N3CCN(CCC(O)c4ccccc4)CC3)ccc2N1. The van der Waals surface area contributed by atoms with Gasteiger partial charge in [-0.05, 0) is 42.2 Å². The van der Waals surface area contributed by atoms with Crippen LogP contribution in [0.4, 0.5) is 5.69 Å². The van der Waals surface area contributed by atoms with Gasteiger partial charge < -0.3 is 15.3 Å². The number of aryl methyl sites for hydroxylation is 1. The lowest BCUT2D eigenvalue weighted by Crippen LogP contribution is -2.49. The van der Waals surface area contributed by atoms with E-state index in [2.05, 4.69) is 10.2 Å². The van der Waals surface area contributed by atoms with Gasteiger partial charge in [0, 0.05) is 50.4 Å². The Bertz CT molecular complexity index is 883. The van der Waals surface area contributed by atoms with E-state index in [0.29, 0.717) is 37.9 Å². The first-order chi connectivity index (χ1) is 14.1. The molecule has 0 bridgehead atoms. The summed E-state index contributed by atoms with van der Waals surface area (Å²) in [4.78, 5) is 28.6. The molecule has 2 amide bonds. The number of aliphatic hydroxyl groups excluding tert-OH is 1. The highest BCUT2D eigenvalue weighted by Crippen LogP contribution is 2.24. The van der Waals surface area contributed by atoms with Crippen LogP contribution in [-0.4, -0.2) is 59.4 Å². The van der Waals surface area contributed by atoms with Gasteiger partial charge >= 0.3 is 0 Å². The molecule has 7 heteroatoms. The van der Waals surface area contributed by atoms with Gasteiger partial charge in [0.2, 0.25) is 5.91 Å². The van der Waals surface area contributed by atoms with Crippen molar-refractivity contribution in [2.75, 3.05) is 38.0 Å². The molecule has 0 radical (unpaired) electrons. The molecular formula is C23H28ClN3O3. The molecule has 1 fully saturated rings. The molecule has 30 heavy (non-hydrogen) atoms. The molecule has 2 aromatic carbocycles. The Balaban J connectivity index is 0.00000256. The number of benzene rings is 2. The summed E-state index contributed by atoms with van der Waals surface area (Å²) in [5.41, 5.74) is 3.49. The summed E-state index contributed by atoms with van der Waals surface area (Å²) >= 11 is 0. The van der Waals surface area contributed by atoms with Crippen LogP contribution in [0.15, 0.2) is 48.5 Å². The van der Waals surface area contributed by atoms with Crippen LogP contribution >= 0.6 is 12.4 Å². The molecule has 4 rings (SSSR count). The van der Waals surface area contributed by atoms with Crippen molar-refractivity contribution in [3.05, 3.63) is 65.2 Å². The molecule has 2 heterocycles. The largest absolute Gasteiger partial charge is 0.388 e. The molecule has 0 aliphatic carbocycles. The van der Waals surface area contributed by atoms with Crippen LogP contribution in [0.3, 0.4) is 0 Å². The summed E-state index contributed by atoms with van der Waals surface area (Å²) in [5.74, 6) is 0.0822. The van der Waals surface area contributed by atoms with Crippen molar-refractivity contribution in [2.45, 2.75) is 25.4 Å². The van der Waals surface area contributed by atoms with E-state index >= 15 is 0 Å². The molecule has 0 aromatic heterocycles. The molecule has 2 aromatic rings. The van der Waals surface area contributed by atoms with Crippen LogP contribution in [0.5, 0.6) is 0 Å². The molecule has 6 nitrogen and oxygen atoms in total. The fourth-order valence-corrected chi connectivity index (χ4v) is 4.02. The summed E-state index contributed by atoms with van der Waals surface area (Å²) in [6.45, 7) is 3.82. The van der Waals surface area contributed by atoms with Crippen molar-refractivity contribution in [1.29, 1.82) is 0 Å². The number of nitrogens with one attached hydrogen (secondary N) is 1. The van der Waals surface area contributed by atoms with Gasteiger partial charge in [-0.25, -0.2) is 0 Å². The van der Waals surface area contributed by atoms with Gasteiger partial charge in [0.05, 0.1) is 6.10 Å². The van der Waals surface area contributed by atoms with E-state index in [1.807, 2.05) is 47.4 Å². The van der Waals surface area contributed by atoms with Crippen molar-refractivity contribution in [3.8, 4) is 0 Å². The second-order valence-corrected chi connectivity index (χ2v) is 7.77. The Morgan fingerprint density at radius 3 is 2.50 bits per heavy atom. The number of halogens is 1. The Hall–Kier alpha value is -2.41. The summed E-state index contributed by atoms with van der Waals surface area (Å²) in [5, 5.41) is 13.2. The van der Waals surface area contributed by atoms with Crippen molar-refractivity contribution in [1.82, 2.24) is 9.80 Å². The molecule has 160 valence electrons. The number of amides is 2. The van der Waals surface area contributed by atoms with Crippen LogP contribution in [0.1, 0.15) is 40.4 Å². The van der Waals surface area contributed by atoms with Crippen LogP contribution in [0.25, 0.3) is 0 Å². The third-order valence-corrected chi connectivity index (χ3v) is 5.81. The first kappa shape index (κ1) is 22.3. The fourth-order valence-electron chi connectivity index (χ4n) is 4.02. The highest BCUT2D eigenvalue weighted by molar-refractivity contribution is 5.98. The Morgan fingerprint density at radius 1 is 1.03 bits per heavy atom. The Kier molecular flexibility index (Phi) is 7.48. The Labute approximate surface area is 183 Å². The number of carbonyl (C=O) groups excluding carboxylic acids is 2. The monoisotopic (exact) mass is 429 g/mol. The normalized spacial score (nSPS) is 17.5. The minimum atomic E-state index is -0.452. The lowest BCUT2D eigenvalue weighted by Gasteiger charge is -2.35.